The first kappa shape index (κ1) is 25.7. The molecule has 0 unspecified atom stereocenters. The van der Waals surface area contributed by atoms with Crippen molar-refractivity contribution >= 4 is 28.4 Å². The Morgan fingerprint density at radius 2 is 2.00 bits per heavy atom. The molecule has 190 valence electrons. The van der Waals surface area contributed by atoms with Crippen LogP contribution in [0.15, 0.2) is 48.8 Å². The number of fused-ring (bicyclic) bond motifs is 1. The summed E-state index contributed by atoms with van der Waals surface area (Å²) >= 11 is 0. The van der Waals surface area contributed by atoms with Crippen LogP contribution in [0.25, 0.3) is 11.0 Å². The summed E-state index contributed by atoms with van der Waals surface area (Å²) in [6.45, 7) is 4.95. The second-order valence-corrected chi connectivity index (χ2v) is 8.98. The maximum atomic E-state index is 13.7. The van der Waals surface area contributed by atoms with Gasteiger partial charge in [-0.25, -0.2) is 23.4 Å². The van der Waals surface area contributed by atoms with Crippen molar-refractivity contribution < 1.29 is 18.7 Å². The first-order valence-corrected chi connectivity index (χ1v) is 11.6. The lowest BCUT2D eigenvalue weighted by Gasteiger charge is -2.13. The van der Waals surface area contributed by atoms with E-state index in [1.807, 2.05) is 13.8 Å². The summed E-state index contributed by atoms with van der Waals surface area (Å²) < 4.78 is 29.0. The molecular formula is C27H26F2N6O2. The molecule has 8 nitrogen and oxygen atoms in total. The number of hydrogen-bond acceptors (Lipinski definition) is 6. The molecule has 4 N–H and O–H groups in total. The van der Waals surface area contributed by atoms with Gasteiger partial charge in [0, 0.05) is 42.5 Å². The summed E-state index contributed by atoms with van der Waals surface area (Å²) in [4.78, 5) is 21.2. The molecule has 0 saturated carbocycles. The highest BCUT2D eigenvalue weighted by Gasteiger charge is 2.24. The van der Waals surface area contributed by atoms with Crippen LogP contribution in [0.3, 0.4) is 0 Å². The Balaban J connectivity index is 1.65. The third kappa shape index (κ3) is 5.73. The van der Waals surface area contributed by atoms with Crippen LogP contribution in [-0.4, -0.2) is 37.4 Å². The number of nitrogen functional groups attached to an aromatic ring is 1. The summed E-state index contributed by atoms with van der Waals surface area (Å²) in [5.41, 5.74) is 8.79. The van der Waals surface area contributed by atoms with Crippen molar-refractivity contribution in [1.82, 2.24) is 19.7 Å². The summed E-state index contributed by atoms with van der Waals surface area (Å²) in [5.74, 6) is 2.78. The number of aliphatic hydroxyl groups is 1. The Bertz CT molecular complexity index is 1530. The number of rotatable bonds is 6. The predicted molar refractivity (Wildman–Crippen MR) is 137 cm³/mol. The van der Waals surface area contributed by atoms with Gasteiger partial charge in [0.05, 0.1) is 5.39 Å². The van der Waals surface area contributed by atoms with Crippen molar-refractivity contribution in [3.63, 3.8) is 0 Å². The molecule has 37 heavy (non-hydrogen) atoms. The minimum Gasteiger partial charge on any atom is -0.396 e. The Kier molecular flexibility index (Phi) is 7.18. The van der Waals surface area contributed by atoms with Gasteiger partial charge in [-0.1, -0.05) is 31.0 Å². The SMILES string of the molecule is Cc1ccc(C(=O)Nc2cccc(C(C)(F)F)c2)cc1C#Cc1nn(C[C@H](C)CO)c2ncnc(N)c12. The molecule has 0 aliphatic heterocycles. The standard InChI is InChI=1S/C27H26F2N6O2/c1-16(14-36)13-35-25-23(24(30)31-15-32-25)22(34-35)10-9-18-11-19(8-7-17(18)2)26(37)33-21-6-4-5-20(12-21)27(3,28)29/h4-8,11-12,15-16,36H,13-14H2,1-3H3,(H,33,37)(H2,30,31,32)/t16-/m0/s1. The van der Waals surface area contributed by atoms with Crippen molar-refractivity contribution in [3.05, 3.63) is 76.7 Å². The second kappa shape index (κ2) is 10.3. The van der Waals surface area contributed by atoms with Gasteiger partial charge in [-0.3, -0.25) is 4.79 Å². The summed E-state index contributed by atoms with van der Waals surface area (Å²) in [6.07, 6.45) is 1.35. The molecule has 2 aromatic carbocycles. The number of aryl methyl sites for hydroxylation is 1. The zero-order chi connectivity index (χ0) is 26.7. The molecular weight excluding hydrogens is 478 g/mol. The molecule has 0 bridgehead atoms. The molecule has 4 aromatic rings. The molecule has 0 spiro atoms. The van der Waals surface area contributed by atoms with Gasteiger partial charge >= 0.3 is 0 Å². The van der Waals surface area contributed by atoms with Crippen molar-refractivity contribution in [3.8, 4) is 11.8 Å². The van der Waals surface area contributed by atoms with Gasteiger partial charge in [0.15, 0.2) is 5.65 Å². The van der Waals surface area contributed by atoms with Gasteiger partial charge in [-0.05, 0) is 48.6 Å². The van der Waals surface area contributed by atoms with Crippen LogP contribution in [0, 0.1) is 24.7 Å². The normalized spacial score (nSPS) is 12.2. The van der Waals surface area contributed by atoms with Crippen LogP contribution in [0.1, 0.15) is 46.6 Å². The zero-order valence-electron chi connectivity index (χ0n) is 20.6. The van der Waals surface area contributed by atoms with Crippen LogP contribution in [0.5, 0.6) is 0 Å². The summed E-state index contributed by atoms with van der Waals surface area (Å²) in [6, 6.07) is 10.6. The number of hydrogen-bond donors (Lipinski definition) is 3. The molecule has 0 radical (unpaired) electrons. The number of carbonyl (C=O) groups is 1. The van der Waals surface area contributed by atoms with Crippen molar-refractivity contribution in [2.24, 2.45) is 5.92 Å². The van der Waals surface area contributed by atoms with Crippen LogP contribution in [0.4, 0.5) is 20.3 Å². The van der Waals surface area contributed by atoms with Gasteiger partial charge in [-0.2, -0.15) is 5.10 Å². The largest absolute Gasteiger partial charge is 0.396 e. The number of amides is 1. The highest BCUT2D eigenvalue weighted by Crippen LogP contribution is 2.29. The topological polar surface area (TPSA) is 119 Å². The highest BCUT2D eigenvalue weighted by molar-refractivity contribution is 6.04. The number of nitrogens with one attached hydrogen (secondary N) is 1. The average Bonchev–Trinajstić information content (AvgIpc) is 3.21. The van der Waals surface area contributed by atoms with Crippen molar-refractivity contribution in [1.29, 1.82) is 0 Å². The molecule has 4 rings (SSSR count). The van der Waals surface area contributed by atoms with E-state index < -0.39 is 11.8 Å². The number of halogens is 2. The zero-order valence-corrected chi connectivity index (χ0v) is 20.6. The Morgan fingerprint density at radius 1 is 1.22 bits per heavy atom. The van der Waals surface area contributed by atoms with E-state index >= 15 is 0 Å². The van der Waals surface area contributed by atoms with Gasteiger partial charge in [0.25, 0.3) is 11.8 Å². The van der Waals surface area contributed by atoms with E-state index in [1.54, 1.807) is 28.9 Å². The third-order valence-corrected chi connectivity index (χ3v) is 5.80. The maximum absolute atomic E-state index is 13.7. The van der Waals surface area contributed by atoms with Gasteiger partial charge < -0.3 is 16.2 Å². The molecule has 2 heterocycles. The number of aromatic nitrogens is 4. The molecule has 0 fully saturated rings. The molecule has 0 aliphatic carbocycles. The van der Waals surface area contributed by atoms with E-state index in [2.05, 4.69) is 32.2 Å². The summed E-state index contributed by atoms with van der Waals surface area (Å²) in [7, 11) is 0. The summed E-state index contributed by atoms with van der Waals surface area (Å²) in [5, 5.41) is 17.1. The van der Waals surface area contributed by atoms with Gasteiger partial charge in [0.1, 0.15) is 17.8 Å². The number of aliphatic hydroxyl groups excluding tert-OH is 1. The molecule has 2 aromatic heterocycles. The molecule has 10 heteroatoms. The number of nitrogens with zero attached hydrogens (tertiary/aromatic N) is 4. The Hall–Kier alpha value is -4.36. The average molecular weight is 505 g/mol. The van der Waals surface area contributed by atoms with Gasteiger partial charge in [-0.15, -0.1) is 0 Å². The van der Waals surface area contributed by atoms with Crippen LogP contribution >= 0.6 is 0 Å². The molecule has 0 aliphatic rings. The minimum atomic E-state index is -3.02. The fourth-order valence-electron chi connectivity index (χ4n) is 3.70. The fourth-order valence-corrected chi connectivity index (χ4v) is 3.70. The first-order chi connectivity index (χ1) is 17.6. The Labute approximate surface area is 212 Å². The third-order valence-electron chi connectivity index (χ3n) is 5.80. The van der Waals surface area contributed by atoms with Gasteiger partial charge in [0.2, 0.25) is 0 Å². The van der Waals surface area contributed by atoms with E-state index in [1.165, 1.54) is 24.5 Å². The van der Waals surface area contributed by atoms with Crippen LogP contribution in [0.2, 0.25) is 0 Å². The van der Waals surface area contributed by atoms with E-state index in [0.29, 0.717) is 34.4 Å². The smallest absolute Gasteiger partial charge is 0.270 e. The Morgan fingerprint density at radius 3 is 2.73 bits per heavy atom. The predicted octanol–water partition coefficient (Wildman–Crippen LogP) is 4.11. The first-order valence-electron chi connectivity index (χ1n) is 11.6. The fraction of sp³-hybridized carbons (Fsp3) is 0.259. The van der Waals surface area contributed by atoms with Crippen molar-refractivity contribution in [2.45, 2.75) is 33.2 Å². The quantitative estimate of drug-likeness (QED) is 0.340. The molecule has 1 atom stereocenters. The lowest BCUT2D eigenvalue weighted by Crippen LogP contribution is -2.13. The minimum absolute atomic E-state index is 0.0118. The lowest BCUT2D eigenvalue weighted by atomic mass is 10.0. The van der Waals surface area contributed by atoms with E-state index in [4.69, 9.17) is 5.73 Å². The number of nitrogens with two attached hydrogens (primary N) is 1. The number of carbonyl (C=O) groups excluding carboxylic acids is 1. The highest BCUT2D eigenvalue weighted by atomic mass is 19.3. The lowest BCUT2D eigenvalue weighted by molar-refractivity contribution is 0.0175. The number of alkyl halides is 2. The van der Waals surface area contributed by atoms with Crippen molar-refractivity contribution in [2.75, 3.05) is 17.7 Å². The molecule has 1 amide bonds. The van der Waals surface area contributed by atoms with E-state index in [0.717, 1.165) is 12.5 Å². The van der Waals surface area contributed by atoms with Crippen LogP contribution < -0.4 is 11.1 Å². The second-order valence-electron chi connectivity index (χ2n) is 8.98. The number of benzene rings is 2. The van der Waals surface area contributed by atoms with E-state index in [-0.39, 0.29) is 29.6 Å². The maximum Gasteiger partial charge on any atom is 0.270 e. The monoisotopic (exact) mass is 504 g/mol. The molecule has 0 saturated heterocycles. The number of anilines is 2. The van der Waals surface area contributed by atoms with E-state index in [9.17, 15) is 18.7 Å². The van der Waals surface area contributed by atoms with Crippen LogP contribution in [-0.2, 0) is 12.5 Å².